The van der Waals surface area contributed by atoms with Crippen molar-refractivity contribution in [2.45, 2.75) is 13.5 Å². The van der Waals surface area contributed by atoms with Crippen molar-refractivity contribution in [3.63, 3.8) is 0 Å². The normalized spacial score (nSPS) is 10.4. The molecule has 0 saturated heterocycles. The summed E-state index contributed by atoms with van der Waals surface area (Å²) in [4.78, 5) is 4.18. The monoisotopic (exact) mass is 219 g/mol. The molecule has 0 aliphatic carbocycles. The first-order chi connectivity index (χ1) is 7.79. The molecule has 0 atom stereocenters. The average molecular weight is 219 g/mol. The van der Waals surface area contributed by atoms with E-state index >= 15 is 0 Å². The Morgan fingerprint density at radius 3 is 3.06 bits per heavy atom. The van der Waals surface area contributed by atoms with Crippen LogP contribution in [0.4, 0.5) is 10.3 Å². The standard InChI is InChI=1S/C12H14FN3/c1-2-14-12-15-6-7-16(12)9-10-4-3-5-11(13)8-10/h3-8H,2,9H2,1H3,(H,14,15). The zero-order valence-electron chi connectivity index (χ0n) is 9.15. The maximum Gasteiger partial charge on any atom is 0.203 e. The van der Waals surface area contributed by atoms with Crippen molar-refractivity contribution >= 4 is 5.95 Å². The zero-order valence-corrected chi connectivity index (χ0v) is 9.15. The quantitative estimate of drug-likeness (QED) is 0.856. The lowest BCUT2D eigenvalue weighted by Crippen LogP contribution is -2.07. The van der Waals surface area contributed by atoms with Gasteiger partial charge in [0.25, 0.3) is 0 Å². The van der Waals surface area contributed by atoms with Gasteiger partial charge in [-0.1, -0.05) is 12.1 Å². The minimum atomic E-state index is -0.206. The Morgan fingerprint density at radius 1 is 1.44 bits per heavy atom. The number of anilines is 1. The third-order valence-electron chi connectivity index (χ3n) is 2.29. The molecule has 0 saturated carbocycles. The predicted molar refractivity (Wildman–Crippen MR) is 61.9 cm³/mol. The van der Waals surface area contributed by atoms with E-state index in [0.717, 1.165) is 18.1 Å². The zero-order chi connectivity index (χ0) is 11.4. The first kappa shape index (κ1) is 10.7. The second-order valence-electron chi connectivity index (χ2n) is 3.54. The smallest absolute Gasteiger partial charge is 0.203 e. The molecule has 0 bridgehead atoms. The Labute approximate surface area is 93.9 Å². The summed E-state index contributed by atoms with van der Waals surface area (Å²) < 4.78 is 15.0. The molecular formula is C12H14FN3. The van der Waals surface area contributed by atoms with Crippen molar-refractivity contribution < 1.29 is 4.39 Å². The lowest BCUT2D eigenvalue weighted by molar-refractivity contribution is 0.623. The predicted octanol–water partition coefficient (Wildman–Crippen LogP) is 2.50. The van der Waals surface area contributed by atoms with Gasteiger partial charge in [-0.05, 0) is 24.6 Å². The number of halogens is 1. The van der Waals surface area contributed by atoms with Gasteiger partial charge >= 0.3 is 0 Å². The number of hydrogen-bond donors (Lipinski definition) is 1. The molecule has 1 heterocycles. The SMILES string of the molecule is CCNc1nccn1Cc1cccc(F)c1. The van der Waals surface area contributed by atoms with Gasteiger partial charge in [0, 0.05) is 18.9 Å². The third kappa shape index (κ3) is 2.39. The fourth-order valence-corrected chi connectivity index (χ4v) is 1.59. The molecule has 0 spiro atoms. The van der Waals surface area contributed by atoms with Gasteiger partial charge in [-0.3, -0.25) is 0 Å². The van der Waals surface area contributed by atoms with Crippen molar-refractivity contribution in [1.82, 2.24) is 9.55 Å². The Morgan fingerprint density at radius 2 is 2.31 bits per heavy atom. The number of nitrogens with zero attached hydrogens (tertiary/aromatic N) is 2. The van der Waals surface area contributed by atoms with Gasteiger partial charge < -0.3 is 9.88 Å². The van der Waals surface area contributed by atoms with E-state index in [-0.39, 0.29) is 5.82 Å². The van der Waals surface area contributed by atoms with Crippen LogP contribution in [0.25, 0.3) is 0 Å². The molecule has 4 heteroatoms. The molecule has 16 heavy (non-hydrogen) atoms. The van der Waals surface area contributed by atoms with E-state index in [0.29, 0.717) is 6.54 Å². The Kier molecular flexibility index (Phi) is 3.19. The first-order valence-corrected chi connectivity index (χ1v) is 5.29. The second-order valence-corrected chi connectivity index (χ2v) is 3.54. The summed E-state index contributed by atoms with van der Waals surface area (Å²) in [6.45, 7) is 3.46. The Balaban J connectivity index is 2.17. The number of nitrogens with one attached hydrogen (secondary N) is 1. The number of rotatable bonds is 4. The van der Waals surface area contributed by atoms with Crippen LogP contribution in [0.2, 0.25) is 0 Å². The van der Waals surface area contributed by atoms with Crippen LogP contribution in [0, 0.1) is 5.82 Å². The van der Waals surface area contributed by atoms with E-state index in [9.17, 15) is 4.39 Å². The van der Waals surface area contributed by atoms with Crippen LogP contribution in [0.3, 0.4) is 0 Å². The molecule has 3 nitrogen and oxygen atoms in total. The largest absolute Gasteiger partial charge is 0.356 e. The minimum absolute atomic E-state index is 0.206. The van der Waals surface area contributed by atoms with Gasteiger partial charge in [0.2, 0.25) is 5.95 Å². The van der Waals surface area contributed by atoms with Crippen LogP contribution in [0.5, 0.6) is 0 Å². The molecule has 2 rings (SSSR count). The van der Waals surface area contributed by atoms with Crippen molar-refractivity contribution in [1.29, 1.82) is 0 Å². The van der Waals surface area contributed by atoms with E-state index in [1.54, 1.807) is 12.3 Å². The van der Waals surface area contributed by atoms with E-state index in [4.69, 9.17) is 0 Å². The van der Waals surface area contributed by atoms with E-state index in [1.807, 2.05) is 23.8 Å². The highest BCUT2D eigenvalue weighted by Crippen LogP contribution is 2.10. The molecule has 1 aromatic carbocycles. The van der Waals surface area contributed by atoms with Crippen molar-refractivity contribution in [3.8, 4) is 0 Å². The van der Waals surface area contributed by atoms with Gasteiger partial charge in [0.1, 0.15) is 5.82 Å². The Hall–Kier alpha value is -1.84. The third-order valence-corrected chi connectivity index (χ3v) is 2.29. The number of hydrogen-bond acceptors (Lipinski definition) is 2. The van der Waals surface area contributed by atoms with Crippen LogP contribution >= 0.6 is 0 Å². The molecule has 1 N–H and O–H groups in total. The molecule has 0 radical (unpaired) electrons. The molecule has 0 unspecified atom stereocenters. The highest BCUT2D eigenvalue weighted by atomic mass is 19.1. The van der Waals surface area contributed by atoms with Crippen LogP contribution < -0.4 is 5.32 Å². The fourth-order valence-electron chi connectivity index (χ4n) is 1.59. The summed E-state index contributed by atoms with van der Waals surface area (Å²) in [5.41, 5.74) is 0.928. The van der Waals surface area contributed by atoms with Crippen LogP contribution in [0.15, 0.2) is 36.7 Å². The molecule has 2 aromatic rings. The van der Waals surface area contributed by atoms with Crippen LogP contribution in [-0.4, -0.2) is 16.1 Å². The number of aromatic nitrogens is 2. The highest BCUT2D eigenvalue weighted by molar-refractivity contribution is 5.27. The minimum Gasteiger partial charge on any atom is -0.356 e. The summed E-state index contributed by atoms with van der Waals surface area (Å²) in [7, 11) is 0. The van der Waals surface area contributed by atoms with Crippen LogP contribution in [-0.2, 0) is 6.54 Å². The molecule has 0 aliphatic rings. The lowest BCUT2D eigenvalue weighted by atomic mass is 10.2. The average Bonchev–Trinajstić information content (AvgIpc) is 2.66. The number of benzene rings is 1. The molecule has 0 fully saturated rings. The van der Waals surface area contributed by atoms with E-state index in [2.05, 4.69) is 10.3 Å². The summed E-state index contributed by atoms with van der Waals surface area (Å²) >= 11 is 0. The van der Waals surface area contributed by atoms with Crippen molar-refractivity contribution in [2.24, 2.45) is 0 Å². The van der Waals surface area contributed by atoms with Crippen LogP contribution in [0.1, 0.15) is 12.5 Å². The molecule has 0 aliphatic heterocycles. The van der Waals surface area contributed by atoms with E-state index in [1.165, 1.54) is 12.1 Å². The van der Waals surface area contributed by atoms with Gasteiger partial charge in [-0.25, -0.2) is 9.37 Å². The topological polar surface area (TPSA) is 29.9 Å². The van der Waals surface area contributed by atoms with Gasteiger partial charge in [-0.15, -0.1) is 0 Å². The highest BCUT2D eigenvalue weighted by Gasteiger charge is 2.02. The molecule has 1 aromatic heterocycles. The fraction of sp³-hybridized carbons (Fsp3) is 0.250. The van der Waals surface area contributed by atoms with E-state index < -0.39 is 0 Å². The molecular weight excluding hydrogens is 205 g/mol. The maximum atomic E-state index is 13.0. The van der Waals surface area contributed by atoms with Gasteiger partial charge in [0.15, 0.2) is 0 Å². The Bertz CT molecular complexity index is 465. The number of imidazole rings is 1. The van der Waals surface area contributed by atoms with Crippen molar-refractivity contribution in [3.05, 3.63) is 48.0 Å². The van der Waals surface area contributed by atoms with Gasteiger partial charge in [0.05, 0.1) is 6.54 Å². The van der Waals surface area contributed by atoms with Crippen molar-refractivity contribution in [2.75, 3.05) is 11.9 Å². The summed E-state index contributed by atoms with van der Waals surface area (Å²) in [5.74, 6) is 0.606. The molecule has 84 valence electrons. The lowest BCUT2D eigenvalue weighted by Gasteiger charge is -2.08. The second kappa shape index (κ2) is 4.79. The summed E-state index contributed by atoms with van der Waals surface area (Å²) in [6, 6.07) is 6.60. The maximum absolute atomic E-state index is 13.0. The first-order valence-electron chi connectivity index (χ1n) is 5.29. The molecule has 0 amide bonds. The summed E-state index contributed by atoms with van der Waals surface area (Å²) in [5, 5.41) is 3.15. The summed E-state index contributed by atoms with van der Waals surface area (Å²) in [6.07, 6.45) is 3.61. The van der Waals surface area contributed by atoms with Gasteiger partial charge in [-0.2, -0.15) is 0 Å².